The van der Waals surface area contributed by atoms with Crippen LogP contribution in [0.4, 0.5) is 10.1 Å². The molecular formula is C21H25FN2O2. The summed E-state index contributed by atoms with van der Waals surface area (Å²) in [5.41, 5.74) is 1.96. The zero-order valence-electron chi connectivity index (χ0n) is 15.7. The molecule has 0 aliphatic carbocycles. The Hall–Kier alpha value is -2.66. The van der Waals surface area contributed by atoms with E-state index in [0.717, 1.165) is 24.3 Å². The van der Waals surface area contributed by atoms with Gasteiger partial charge in [0.15, 0.2) is 5.78 Å². The normalized spacial score (nSPS) is 11.2. The summed E-state index contributed by atoms with van der Waals surface area (Å²) in [6.45, 7) is 1.78. The second kappa shape index (κ2) is 9.15. The Morgan fingerprint density at radius 2 is 1.85 bits per heavy atom. The summed E-state index contributed by atoms with van der Waals surface area (Å²) in [5.74, 6) is -0.581. The number of nitrogens with zero attached hydrogens (tertiary/aromatic N) is 2. The molecule has 0 saturated heterocycles. The largest absolute Gasteiger partial charge is 0.497 e. The Labute approximate surface area is 154 Å². The summed E-state index contributed by atoms with van der Waals surface area (Å²) in [6.07, 6.45) is 3.14. The van der Waals surface area contributed by atoms with Crippen molar-refractivity contribution in [1.82, 2.24) is 4.90 Å². The molecule has 26 heavy (non-hydrogen) atoms. The Morgan fingerprint density at radius 3 is 2.50 bits per heavy atom. The van der Waals surface area contributed by atoms with Crippen LogP contribution in [0.5, 0.6) is 5.75 Å². The molecule has 0 amide bonds. The van der Waals surface area contributed by atoms with Crippen molar-refractivity contribution in [3.05, 3.63) is 65.5 Å². The lowest BCUT2D eigenvalue weighted by molar-refractivity contribution is 0.104. The SMILES string of the molecule is COc1ccc(C(=O)C=Cc2ccccc2N(C)CCN(C)C)c(F)c1. The molecule has 0 aliphatic heterocycles. The predicted molar refractivity (Wildman–Crippen MR) is 105 cm³/mol. The van der Waals surface area contributed by atoms with Crippen LogP contribution in [0, 0.1) is 5.82 Å². The highest BCUT2D eigenvalue weighted by atomic mass is 19.1. The van der Waals surface area contributed by atoms with Gasteiger partial charge in [-0.05, 0) is 50.0 Å². The van der Waals surface area contributed by atoms with Gasteiger partial charge in [-0.3, -0.25) is 4.79 Å². The average Bonchev–Trinajstić information content (AvgIpc) is 2.64. The number of carbonyl (C=O) groups excluding carboxylic acids is 1. The maximum absolute atomic E-state index is 14.0. The molecule has 0 heterocycles. The number of carbonyl (C=O) groups is 1. The molecule has 138 valence electrons. The third kappa shape index (κ3) is 5.17. The summed E-state index contributed by atoms with van der Waals surface area (Å²) in [6, 6.07) is 12.1. The van der Waals surface area contributed by atoms with Gasteiger partial charge in [0.25, 0.3) is 0 Å². The highest BCUT2D eigenvalue weighted by Crippen LogP contribution is 2.22. The van der Waals surface area contributed by atoms with E-state index in [9.17, 15) is 9.18 Å². The predicted octanol–water partition coefficient (Wildman–Crippen LogP) is 3.73. The van der Waals surface area contributed by atoms with Crippen LogP contribution in [0.25, 0.3) is 6.08 Å². The maximum Gasteiger partial charge on any atom is 0.188 e. The number of hydrogen-bond donors (Lipinski definition) is 0. The molecule has 0 N–H and O–H groups in total. The van der Waals surface area contributed by atoms with Crippen molar-refractivity contribution in [2.45, 2.75) is 0 Å². The van der Waals surface area contributed by atoms with E-state index in [2.05, 4.69) is 9.80 Å². The zero-order chi connectivity index (χ0) is 19.1. The van der Waals surface area contributed by atoms with Crippen molar-refractivity contribution in [1.29, 1.82) is 0 Å². The Kier molecular flexibility index (Phi) is 6.92. The number of allylic oxidation sites excluding steroid dienone is 1. The zero-order valence-corrected chi connectivity index (χ0v) is 15.7. The lowest BCUT2D eigenvalue weighted by atomic mass is 10.1. The van der Waals surface area contributed by atoms with E-state index in [1.165, 1.54) is 25.3 Å². The highest BCUT2D eigenvalue weighted by molar-refractivity contribution is 6.07. The van der Waals surface area contributed by atoms with Crippen LogP contribution in [0.1, 0.15) is 15.9 Å². The molecule has 2 rings (SSSR count). The molecular weight excluding hydrogens is 331 g/mol. The number of benzene rings is 2. The highest BCUT2D eigenvalue weighted by Gasteiger charge is 2.11. The fourth-order valence-electron chi connectivity index (χ4n) is 2.52. The molecule has 5 heteroatoms. The average molecular weight is 356 g/mol. The first-order valence-corrected chi connectivity index (χ1v) is 8.43. The molecule has 0 unspecified atom stereocenters. The van der Waals surface area contributed by atoms with Gasteiger partial charge in [-0.15, -0.1) is 0 Å². The minimum Gasteiger partial charge on any atom is -0.497 e. The molecule has 0 aromatic heterocycles. The van der Waals surface area contributed by atoms with E-state index in [4.69, 9.17) is 4.74 Å². The van der Waals surface area contributed by atoms with Gasteiger partial charge in [-0.1, -0.05) is 18.2 Å². The van der Waals surface area contributed by atoms with Crippen LogP contribution in [-0.4, -0.2) is 52.0 Å². The quantitative estimate of drug-likeness (QED) is 0.533. The number of para-hydroxylation sites is 1. The van der Waals surface area contributed by atoms with Crippen molar-refractivity contribution < 1.29 is 13.9 Å². The smallest absolute Gasteiger partial charge is 0.188 e. The first-order chi connectivity index (χ1) is 12.4. The van der Waals surface area contributed by atoms with Gasteiger partial charge in [0.05, 0.1) is 12.7 Å². The number of rotatable bonds is 8. The van der Waals surface area contributed by atoms with Gasteiger partial charge in [0.1, 0.15) is 11.6 Å². The number of hydrogen-bond acceptors (Lipinski definition) is 4. The van der Waals surface area contributed by atoms with Gasteiger partial charge >= 0.3 is 0 Å². The number of halogens is 1. The van der Waals surface area contributed by atoms with Crippen LogP contribution in [0.3, 0.4) is 0 Å². The van der Waals surface area contributed by atoms with E-state index < -0.39 is 5.82 Å². The number of ether oxygens (including phenoxy) is 1. The van der Waals surface area contributed by atoms with Crippen LogP contribution in [0.15, 0.2) is 48.5 Å². The molecule has 2 aromatic carbocycles. The Balaban J connectivity index is 2.18. The van der Waals surface area contributed by atoms with Crippen LogP contribution in [-0.2, 0) is 0 Å². The standard InChI is InChI=1S/C21H25FN2O2/c1-23(2)13-14-24(3)20-8-6-5-7-16(20)9-12-21(25)18-11-10-17(26-4)15-19(18)22/h5-12,15H,13-14H2,1-4H3. The van der Waals surface area contributed by atoms with Crippen LogP contribution >= 0.6 is 0 Å². The van der Waals surface area contributed by atoms with Gasteiger partial charge in [0.2, 0.25) is 0 Å². The van der Waals surface area contributed by atoms with Crippen molar-refractivity contribution in [3.8, 4) is 5.75 Å². The number of methoxy groups -OCH3 is 1. The summed E-state index contributed by atoms with van der Waals surface area (Å²) in [5, 5.41) is 0. The molecule has 0 fully saturated rings. The van der Waals surface area contributed by atoms with E-state index in [0.29, 0.717) is 5.75 Å². The lowest BCUT2D eigenvalue weighted by Gasteiger charge is -2.23. The second-order valence-electron chi connectivity index (χ2n) is 6.33. The number of ketones is 1. The van der Waals surface area contributed by atoms with Gasteiger partial charge < -0.3 is 14.5 Å². The molecule has 0 spiro atoms. The third-order valence-electron chi connectivity index (χ3n) is 4.09. The summed E-state index contributed by atoms with van der Waals surface area (Å²) >= 11 is 0. The van der Waals surface area contributed by atoms with Crippen molar-refractivity contribution >= 4 is 17.5 Å². The van der Waals surface area contributed by atoms with E-state index in [1.54, 1.807) is 12.1 Å². The third-order valence-corrected chi connectivity index (χ3v) is 4.09. The molecule has 2 aromatic rings. The Morgan fingerprint density at radius 1 is 1.12 bits per heavy atom. The molecule has 4 nitrogen and oxygen atoms in total. The number of likely N-dealkylation sites (N-methyl/N-ethyl adjacent to an activating group) is 2. The molecule has 0 saturated carbocycles. The minimum absolute atomic E-state index is 0.0282. The summed E-state index contributed by atoms with van der Waals surface area (Å²) < 4.78 is 19.0. The summed E-state index contributed by atoms with van der Waals surface area (Å²) in [7, 11) is 7.53. The van der Waals surface area contributed by atoms with Gasteiger partial charge in [-0.2, -0.15) is 0 Å². The van der Waals surface area contributed by atoms with E-state index >= 15 is 0 Å². The fraction of sp³-hybridized carbons (Fsp3) is 0.286. The topological polar surface area (TPSA) is 32.8 Å². The second-order valence-corrected chi connectivity index (χ2v) is 6.33. The summed E-state index contributed by atoms with van der Waals surface area (Å²) in [4.78, 5) is 16.6. The molecule has 0 aliphatic rings. The van der Waals surface area contributed by atoms with Gasteiger partial charge in [0, 0.05) is 31.9 Å². The van der Waals surface area contributed by atoms with Crippen LogP contribution in [0.2, 0.25) is 0 Å². The monoisotopic (exact) mass is 356 g/mol. The molecule has 0 atom stereocenters. The van der Waals surface area contributed by atoms with Crippen molar-refractivity contribution in [2.75, 3.05) is 46.2 Å². The first-order valence-electron chi connectivity index (χ1n) is 8.43. The van der Waals surface area contributed by atoms with Gasteiger partial charge in [-0.25, -0.2) is 4.39 Å². The van der Waals surface area contributed by atoms with Crippen molar-refractivity contribution in [2.24, 2.45) is 0 Å². The van der Waals surface area contributed by atoms with E-state index in [1.807, 2.05) is 45.4 Å². The number of anilines is 1. The lowest BCUT2D eigenvalue weighted by Crippen LogP contribution is -2.28. The Bertz CT molecular complexity index is 787. The minimum atomic E-state index is -0.588. The van der Waals surface area contributed by atoms with Crippen LogP contribution < -0.4 is 9.64 Å². The fourth-order valence-corrected chi connectivity index (χ4v) is 2.52. The first kappa shape index (κ1) is 19.7. The molecule has 0 radical (unpaired) electrons. The molecule has 0 bridgehead atoms. The van der Waals surface area contributed by atoms with E-state index in [-0.39, 0.29) is 11.3 Å². The maximum atomic E-state index is 14.0. The van der Waals surface area contributed by atoms with Crippen molar-refractivity contribution in [3.63, 3.8) is 0 Å².